The van der Waals surface area contributed by atoms with E-state index in [1.165, 1.54) is 12.5 Å². The molecule has 0 saturated carbocycles. The molecule has 6 heteroatoms. The van der Waals surface area contributed by atoms with E-state index in [1.807, 2.05) is 37.3 Å². The van der Waals surface area contributed by atoms with E-state index in [0.717, 1.165) is 5.56 Å². The van der Waals surface area contributed by atoms with Crippen molar-refractivity contribution in [2.24, 2.45) is 0 Å². The van der Waals surface area contributed by atoms with Crippen LogP contribution in [0.1, 0.15) is 28.9 Å². The van der Waals surface area contributed by atoms with Gasteiger partial charge in [-0.3, -0.25) is 14.5 Å². The van der Waals surface area contributed by atoms with E-state index >= 15 is 0 Å². The third-order valence-corrected chi connectivity index (χ3v) is 4.47. The number of hydrogen-bond donors (Lipinski definition) is 1. The largest absolute Gasteiger partial charge is 0.472 e. The molecule has 0 aliphatic carbocycles. The van der Waals surface area contributed by atoms with Crippen molar-refractivity contribution in [3.63, 3.8) is 0 Å². The Bertz CT molecular complexity index is 692. The molecule has 3 rings (SSSR count). The van der Waals surface area contributed by atoms with E-state index < -0.39 is 0 Å². The maximum atomic E-state index is 12.3. The maximum absolute atomic E-state index is 12.3. The van der Waals surface area contributed by atoms with Crippen molar-refractivity contribution >= 4 is 11.8 Å². The fraction of sp³-hybridized carbons (Fsp3) is 0.368. The number of nitrogens with one attached hydrogen (secondary N) is 1. The molecule has 2 amide bonds. The third-order valence-electron chi connectivity index (χ3n) is 4.47. The molecule has 1 N–H and O–H groups in total. The predicted octanol–water partition coefficient (Wildman–Crippen LogP) is 1.91. The predicted molar refractivity (Wildman–Crippen MR) is 94.1 cm³/mol. The summed E-state index contributed by atoms with van der Waals surface area (Å²) in [5.74, 6) is -0.0125. The summed E-state index contributed by atoms with van der Waals surface area (Å²) in [6.45, 7) is 4.95. The number of hydrogen-bond acceptors (Lipinski definition) is 4. The zero-order valence-corrected chi connectivity index (χ0v) is 14.4. The van der Waals surface area contributed by atoms with Crippen LogP contribution in [-0.2, 0) is 4.79 Å². The highest BCUT2D eigenvalue weighted by Gasteiger charge is 2.24. The molecule has 1 aromatic carbocycles. The Morgan fingerprint density at radius 2 is 1.84 bits per heavy atom. The number of furan rings is 1. The third kappa shape index (κ3) is 4.48. The second-order valence-electron chi connectivity index (χ2n) is 6.28. The van der Waals surface area contributed by atoms with Gasteiger partial charge in [0.2, 0.25) is 5.91 Å². The van der Waals surface area contributed by atoms with Gasteiger partial charge in [0.05, 0.1) is 24.4 Å². The van der Waals surface area contributed by atoms with Crippen molar-refractivity contribution in [3.05, 3.63) is 60.1 Å². The van der Waals surface area contributed by atoms with Gasteiger partial charge in [0.25, 0.3) is 5.91 Å². The quantitative estimate of drug-likeness (QED) is 0.902. The standard InChI is InChI=1S/C19H23N3O3/c1-15(16-5-3-2-4-6-16)20-18(23)13-21-8-10-22(11-9-21)19(24)17-7-12-25-14-17/h2-7,12,14-15H,8-11,13H2,1H3,(H,20,23). The molecule has 2 heterocycles. The van der Waals surface area contributed by atoms with Crippen molar-refractivity contribution in [2.45, 2.75) is 13.0 Å². The van der Waals surface area contributed by atoms with E-state index in [4.69, 9.17) is 4.42 Å². The minimum absolute atomic E-state index is 0.00552. The van der Waals surface area contributed by atoms with E-state index in [9.17, 15) is 9.59 Å². The smallest absolute Gasteiger partial charge is 0.257 e. The summed E-state index contributed by atoms with van der Waals surface area (Å²) in [4.78, 5) is 28.4. The van der Waals surface area contributed by atoms with Gasteiger partial charge in [-0.25, -0.2) is 0 Å². The first-order chi connectivity index (χ1) is 12.1. The van der Waals surface area contributed by atoms with Crippen LogP contribution in [0.15, 0.2) is 53.3 Å². The van der Waals surface area contributed by atoms with E-state index in [1.54, 1.807) is 11.0 Å². The summed E-state index contributed by atoms with van der Waals surface area (Å²) >= 11 is 0. The van der Waals surface area contributed by atoms with Gasteiger partial charge in [0.1, 0.15) is 6.26 Å². The van der Waals surface area contributed by atoms with E-state index in [0.29, 0.717) is 38.3 Å². The van der Waals surface area contributed by atoms with Crippen LogP contribution in [0.25, 0.3) is 0 Å². The Balaban J connectivity index is 1.44. The van der Waals surface area contributed by atoms with Crippen LogP contribution >= 0.6 is 0 Å². The Morgan fingerprint density at radius 1 is 1.12 bits per heavy atom. The normalized spacial score (nSPS) is 16.4. The number of piperazine rings is 1. The molecule has 0 radical (unpaired) electrons. The molecule has 1 unspecified atom stereocenters. The molecule has 0 spiro atoms. The maximum Gasteiger partial charge on any atom is 0.257 e. The summed E-state index contributed by atoms with van der Waals surface area (Å²) in [5, 5.41) is 3.03. The molecule has 1 aliphatic rings. The van der Waals surface area contributed by atoms with E-state index in [-0.39, 0.29) is 17.9 Å². The Hall–Kier alpha value is -2.60. The molecule has 2 aromatic rings. The lowest BCUT2D eigenvalue weighted by molar-refractivity contribution is -0.123. The topological polar surface area (TPSA) is 65.8 Å². The second-order valence-corrected chi connectivity index (χ2v) is 6.28. The SMILES string of the molecule is CC(NC(=O)CN1CCN(C(=O)c2ccoc2)CC1)c1ccccc1. The van der Waals surface area contributed by atoms with Gasteiger partial charge in [0, 0.05) is 26.2 Å². The van der Waals surface area contributed by atoms with Gasteiger partial charge in [0.15, 0.2) is 0 Å². The summed E-state index contributed by atoms with van der Waals surface area (Å²) in [5.41, 5.74) is 1.66. The molecule has 132 valence electrons. The number of amides is 2. The molecule has 25 heavy (non-hydrogen) atoms. The minimum atomic E-state index is -0.0180. The van der Waals surface area contributed by atoms with Gasteiger partial charge < -0.3 is 14.6 Å². The lowest BCUT2D eigenvalue weighted by Crippen LogP contribution is -2.51. The van der Waals surface area contributed by atoms with Gasteiger partial charge >= 0.3 is 0 Å². The molecule has 1 fully saturated rings. The average Bonchev–Trinajstić information content (AvgIpc) is 3.17. The van der Waals surface area contributed by atoms with Crippen LogP contribution in [0.3, 0.4) is 0 Å². The summed E-state index contributed by atoms with van der Waals surface area (Å²) in [6, 6.07) is 11.6. The van der Waals surface area contributed by atoms with Gasteiger partial charge in [-0.1, -0.05) is 30.3 Å². The molecule has 1 aromatic heterocycles. The van der Waals surface area contributed by atoms with Gasteiger partial charge in [-0.15, -0.1) is 0 Å². The number of carbonyl (C=O) groups excluding carboxylic acids is 2. The number of rotatable bonds is 5. The van der Waals surface area contributed by atoms with Gasteiger partial charge in [-0.05, 0) is 18.6 Å². The first-order valence-corrected chi connectivity index (χ1v) is 8.51. The number of nitrogens with zero attached hydrogens (tertiary/aromatic N) is 2. The molecule has 1 atom stereocenters. The Kier molecular flexibility index (Phi) is 5.50. The van der Waals surface area contributed by atoms with Gasteiger partial charge in [-0.2, -0.15) is 0 Å². The minimum Gasteiger partial charge on any atom is -0.472 e. The zero-order valence-electron chi connectivity index (χ0n) is 14.4. The average molecular weight is 341 g/mol. The lowest BCUT2D eigenvalue weighted by atomic mass is 10.1. The first-order valence-electron chi connectivity index (χ1n) is 8.51. The fourth-order valence-electron chi connectivity index (χ4n) is 2.99. The van der Waals surface area contributed by atoms with Crippen molar-refractivity contribution in [3.8, 4) is 0 Å². The Labute approximate surface area is 147 Å². The van der Waals surface area contributed by atoms with Crippen molar-refractivity contribution in [1.82, 2.24) is 15.1 Å². The Morgan fingerprint density at radius 3 is 2.48 bits per heavy atom. The van der Waals surface area contributed by atoms with Crippen LogP contribution in [0.2, 0.25) is 0 Å². The van der Waals surface area contributed by atoms with E-state index in [2.05, 4.69) is 10.2 Å². The number of carbonyl (C=O) groups is 2. The molecular weight excluding hydrogens is 318 g/mol. The summed E-state index contributed by atoms with van der Waals surface area (Å²) in [7, 11) is 0. The molecule has 6 nitrogen and oxygen atoms in total. The first kappa shape index (κ1) is 17.2. The van der Waals surface area contributed by atoms with Crippen molar-refractivity contribution in [1.29, 1.82) is 0 Å². The molecule has 1 saturated heterocycles. The molecule has 1 aliphatic heterocycles. The van der Waals surface area contributed by atoms with Crippen LogP contribution in [-0.4, -0.2) is 54.3 Å². The van der Waals surface area contributed by atoms with Crippen LogP contribution in [0, 0.1) is 0 Å². The van der Waals surface area contributed by atoms with Crippen LogP contribution in [0.4, 0.5) is 0 Å². The number of benzene rings is 1. The summed E-state index contributed by atoms with van der Waals surface area (Å²) in [6.07, 6.45) is 2.97. The highest BCUT2D eigenvalue weighted by molar-refractivity contribution is 5.93. The highest BCUT2D eigenvalue weighted by Crippen LogP contribution is 2.12. The summed E-state index contributed by atoms with van der Waals surface area (Å²) < 4.78 is 4.96. The lowest BCUT2D eigenvalue weighted by Gasteiger charge is -2.34. The zero-order chi connectivity index (χ0) is 17.6. The fourth-order valence-corrected chi connectivity index (χ4v) is 2.99. The van der Waals surface area contributed by atoms with Crippen LogP contribution < -0.4 is 5.32 Å². The second kappa shape index (κ2) is 7.98. The van der Waals surface area contributed by atoms with Crippen LogP contribution in [0.5, 0.6) is 0 Å². The van der Waals surface area contributed by atoms with Crippen molar-refractivity contribution < 1.29 is 14.0 Å². The van der Waals surface area contributed by atoms with Crippen molar-refractivity contribution in [2.75, 3.05) is 32.7 Å². The highest BCUT2D eigenvalue weighted by atomic mass is 16.3. The monoisotopic (exact) mass is 341 g/mol. The molecule has 0 bridgehead atoms. The molecular formula is C19H23N3O3.